The lowest BCUT2D eigenvalue weighted by molar-refractivity contribution is 0.0714. The molecule has 1 amide bonds. The van der Waals surface area contributed by atoms with Crippen LogP contribution in [0.1, 0.15) is 65.2 Å². The van der Waals surface area contributed by atoms with Gasteiger partial charge >= 0.3 is 0 Å². The third-order valence-corrected chi connectivity index (χ3v) is 6.82. The van der Waals surface area contributed by atoms with Crippen LogP contribution in [-0.4, -0.2) is 15.8 Å². The van der Waals surface area contributed by atoms with E-state index in [1.807, 2.05) is 31.2 Å². The van der Waals surface area contributed by atoms with E-state index in [0.29, 0.717) is 28.1 Å². The number of rotatable bonds is 3. The van der Waals surface area contributed by atoms with Crippen molar-refractivity contribution in [1.82, 2.24) is 9.88 Å². The molecule has 6 heteroatoms. The Balaban J connectivity index is 1.72. The Morgan fingerprint density at radius 2 is 1.82 bits per heavy atom. The van der Waals surface area contributed by atoms with Gasteiger partial charge < -0.3 is 9.32 Å². The summed E-state index contributed by atoms with van der Waals surface area (Å²) in [5.41, 5.74) is 4.15. The van der Waals surface area contributed by atoms with Crippen LogP contribution in [0.25, 0.3) is 11.0 Å². The van der Waals surface area contributed by atoms with Gasteiger partial charge in [0.2, 0.25) is 5.76 Å². The van der Waals surface area contributed by atoms with E-state index in [-0.39, 0.29) is 22.5 Å². The predicted molar refractivity (Wildman–Crippen MR) is 133 cm³/mol. The van der Waals surface area contributed by atoms with Crippen LogP contribution in [0, 0.1) is 6.92 Å². The van der Waals surface area contributed by atoms with Crippen LogP contribution in [-0.2, 0) is 12.0 Å². The van der Waals surface area contributed by atoms with Gasteiger partial charge in [-0.05, 0) is 52.8 Å². The van der Waals surface area contributed by atoms with Crippen molar-refractivity contribution in [3.63, 3.8) is 0 Å². The molecule has 1 atom stereocenters. The van der Waals surface area contributed by atoms with Crippen molar-refractivity contribution in [3.8, 4) is 0 Å². The molecule has 0 fully saturated rings. The highest BCUT2D eigenvalue weighted by atomic mass is 35.5. The summed E-state index contributed by atoms with van der Waals surface area (Å²) in [6.07, 6.45) is 3.42. The number of aromatic nitrogens is 1. The van der Waals surface area contributed by atoms with Gasteiger partial charge in [0.25, 0.3) is 5.91 Å². The van der Waals surface area contributed by atoms with Gasteiger partial charge in [0, 0.05) is 24.0 Å². The van der Waals surface area contributed by atoms with Crippen molar-refractivity contribution >= 4 is 28.5 Å². The topological polar surface area (TPSA) is 63.4 Å². The highest BCUT2D eigenvalue weighted by Gasteiger charge is 2.42. The minimum absolute atomic E-state index is 0.0127. The Morgan fingerprint density at radius 1 is 1.09 bits per heavy atom. The first-order valence-corrected chi connectivity index (χ1v) is 11.6. The van der Waals surface area contributed by atoms with Crippen LogP contribution >= 0.6 is 11.6 Å². The molecule has 0 spiro atoms. The zero-order chi connectivity index (χ0) is 24.2. The number of benzene rings is 2. The summed E-state index contributed by atoms with van der Waals surface area (Å²) >= 11 is 6.32. The van der Waals surface area contributed by atoms with Crippen molar-refractivity contribution < 1.29 is 9.21 Å². The summed E-state index contributed by atoms with van der Waals surface area (Å²) in [7, 11) is 0. The molecule has 0 unspecified atom stereocenters. The van der Waals surface area contributed by atoms with Crippen LogP contribution in [0.4, 0.5) is 0 Å². The number of nitrogens with zero attached hydrogens (tertiary/aromatic N) is 2. The van der Waals surface area contributed by atoms with Gasteiger partial charge in [-0.15, -0.1) is 0 Å². The Morgan fingerprint density at radius 3 is 2.47 bits per heavy atom. The third kappa shape index (κ3) is 3.70. The number of hydrogen-bond acceptors (Lipinski definition) is 4. The lowest BCUT2D eigenvalue weighted by atomic mass is 9.86. The average molecular weight is 473 g/mol. The quantitative estimate of drug-likeness (QED) is 0.356. The maximum atomic E-state index is 13.7. The lowest BCUT2D eigenvalue weighted by Crippen LogP contribution is -2.29. The minimum atomic E-state index is -0.572. The van der Waals surface area contributed by atoms with Crippen molar-refractivity contribution in [2.75, 3.05) is 0 Å². The van der Waals surface area contributed by atoms with Crippen LogP contribution in [0.15, 0.2) is 70.1 Å². The van der Waals surface area contributed by atoms with E-state index >= 15 is 0 Å². The Bertz CT molecular complexity index is 1470. The fourth-order valence-corrected chi connectivity index (χ4v) is 4.67. The van der Waals surface area contributed by atoms with E-state index in [0.717, 1.165) is 16.7 Å². The SMILES string of the molecule is Cc1cc2oc3c(c(=O)c2cc1Cl)[C@H](c1ccc(C(C)(C)C)cc1)N(Cc1cccnc1)C3=O. The number of hydrogen-bond donors (Lipinski definition) is 0. The Labute approximate surface area is 203 Å². The Hall–Kier alpha value is -3.44. The van der Waals surface area contributed by atoms with Crippen molar-refractivity contribution in [3.05, 3.63) is 110 Å². The van der Waals surface area contributed by atoms with Crippen LogP contribution in [0.2, 0.25) is 5.02 Å². The third-order valence-electron chi connectivity index (χ3n) is 6.42. The fourth-order valence-electron chi connectivity index (χ4n) is 4.50. The molecule has 5 nitrogen and oxygen atoms in total. The van der Waals surface area contributed by atoms with E-state index in [1.165, 1.54) is 5.56 Å². The van der Waals surface area contributed by atoms with Gasteiger partial charge in [-0.25, -0.2) is 0 Å². The van der Waals surface area contributed by atoms with Crippen molar-refractivity contribution in [2.45, 2.75) is 45.7 Å². The number of carbonyl (C=O) groups excluding carboxylic acids is 1. The Kier molecular flexibility index (Phi) is 5.33. The lowest BCUT2D eigenvalue weighted by Gasteiger charge is -2.26. The standard InChI is InChI=1S/C28H25ClN2O3/c1-16-12-22-20(13-21(16)29)25(32)23-24(18-7-9-19(10-8-18)28(2,3)4)31(27(33)26(23)34-22)15-17-6-5-11-30-14-17/h5-14,24H,15H2,1-4H3/t24-/m0/s1. The summed E-state index contributed by atoms with van der Waals surface area (Å²) in [5, 5.41) is 0.865. The summed E-state index contributed by atoms with van der Waals surface area (Å²) in [5.74, 6) is -0.219. The molecule has 0 saturated carbocycles. The number of aryl methyl sites for hydroxylation is 1. The molecule has 0 N–H and O–H groups in total. The summed E-state index contributed by atoms with van der Waals surface area (Å²) in [6.45, 7) is 8.59. The van der Waals surface area contributed by atoms with Gasteiger partial charge in [-0.2, -0.15) is 0 Å². The normalized spacial score (nSPS) is 15.7. The number of halogens is 1. The summed E-state index contributed by atoms with van der Waals surface area (Å²) in [6, 6.07) is 14.6. The molecule has 1 aliphatic heterocycles. The molecule has 0 aliphatic carbocycles. The maximum absolute atomic E-state index is 13.7. The molecule has 34 heavy (non-hydrogen) atoms. The van der Waals surface area contributed by atoms with Crippen LogP contribution < -0.4 is 5.43 Å². The molecule has 2 aromatic heterocycles. The maximum Gasteiger partial charge on any atom is 0.291 e. The predicted octanol–water partition coefficient (Wildman–Crippen LogP) is 6.19. The zero-order valence-electron chi connectivity index (χ0n) is 19.6. The number of amides is 1. The van der Waals surface area contributed by atoms with E-state index < -0.39 is 6.04 Å². The molecule has 4 aromatic rings. The first kappa shape index (κ1) is 22.4. The van der Waals surface area contributed by atoms with E-state index in [4.69, 9.17) is 16.0 Å². The van der Waals surface area contributed by atoms with Gasteiger partial charge in [0.15, 0.2) is 5.43 Å². The first-order valence-electron chi connectivity index (χ1n) is 11.2. The minimum Gasteiger partial charge on any atom is -0.450 e. The van der Waals surface area contributed by atoms with Crippen molar-refractivity contribution in [1.29, 1.82) is 0 Å². The monoisotopic (exact) mass is 472 g/mol. The van der Waals surface area contributed by atoms with E-state index in [2.05, 4.69) is 37.9 Å². The molecular weight excluding hydrogens is 448 g/mol. The van der Waals surface area contributed by atoms with E-state index in [9.17, 15) is 9.59 Å². The highest BCUT2D eigenvalue weighted by molar-refractivity contribution is 6.32. The molecule has 0 bridgehead atoms. The smallest absolute Gasteiger partial charge is 0.291 e. The molecule has 2 aromatic carbocycles. The molecule has 1 aliphatic rings. The fraction of sp³-hybridized carbons (Fsp3) is 0.250. The highest BCUT2D eigenvalue weighted by Crippen LogP contribution is 2.40. The zero-order valence-corrected chi connectivity index (χ0v) is 20.3. The van der Waals surface area contributed by atoms with Gasteiger partial charge in [-0.3, -0.25) is 14.6 Å². The van der Waals surface area contributed by atoms with Gasteiger partial charge in [0.1, 0.15) is 5.58 Å². The van der Waals surface area contributed by atoms with Gasteiger partial charge in [0.05, 0.1) is 17.0 Å². The van der Waals surface area contributed by atoms with E-state index in [1.54, 1.807) is 29.4 Å². The average Bonchev–Trinajstić information content (AvgIpc) is 3.07. The number of carbonyl (C=O) groups is 1. The largest absolute Gasteiger partial charge is 0.450 e. The summed E-state index contributed by atoms with van der Waals surface area (Å²) in [4.78, 5) is 33.2. The second-order valence-corrected chi connectivity index (χ2v) is 10.2. The second-order valence-electron chi connectivity index (χ2n) is 9.84. The molecule has 5 rings (SSSR count). The summed E-state index contributed by atoms with van der Waals surface area (Å²) < 4.78 is 6.07. The van der Waals surface area contributed by atoms with Gasteiger partial charge in [-0.1, -0.05) is 62.7 Å². The molecular formula is C28H25ClN2O3. The van der Waals surface area contributed by atoms with Crippen molar-refractivity contribution in [2.24, 2.45) is 0 Å². The van der Waals surface area contributed by atoms with Crippen LogP contribution in [0.3, 0.4) is 0 Å². The number of pyridine rings is 1. The number of fused-ring (bicyclic) bond motifs is 2. The second kappa shape index (κ2) is 8.10. The first-order chi connectivity index (χ1) is 16.1. The van der Waals surface area contributed by atoms with Crippen LogP contribution in [0.5, 0.6) is 0 Å². The molecule has 172 valence electrons. The molecule has 3 heterocycles. The molecule has 0 saturated heterocycles. The molecule has 0 radical (unpaired) electrons.